The molecule has 1 aliphatic carbocycles. The molecule has 0 spiro atoms. The lowest BCUT2D eigenvalue weighted by molar-refractivity contribution is -0.122. The highest BCUT2D eigenvalue weighted by atomic mass is 16.5. The van der Waals surface area contributed by atoms with Crippen LogP contribution in [-0.2, 0) is 22.4 Å². The molecule has 2 aromatic carbocycles. The molecule has 0 saturated carbocycles. The number of benzene rings is 2. The lowest BCUT2D eigenvalue weighted by Gasteiger charge is -2.27. The van der Waals surface area contributed by atoms with Crippen LogP contribution in [0, 0.1) is 0 Å². The second-order valence-electron chi connectivity index (χ2n) is 7.84. The molecule has 2 aliphatic rings. The highest BCUT2D eigenvalue weighted by Gasteiger charge is 2.23. The number of carbonyl (C=O) groups excluding carboxylic acids is 2. The van der Waals surface area contributed by atoms with Crippen LogP contribution in [0.4, 0.5) is 5.69 Å². The molecule has 158 valence electrons. The van der Waals surface area contributed by atoms with E-state index in [2.05, 4.69) is 11.4 Å². The molecule has 2 amide bonds. The van der Waals surface area contributed by atoms with Crippen molar-refractivity contribution in [2.24, 2.45) is 0 Å². The summed E-state index contributed by atoms with van der Waals surface area (Å²) in [5.74, 6) is 0.323. The molecular formula is C24H28N2O4. The fourth-order valence-electron chi connectivity index (χ4n) is 3.99. The average molecular weight is 408 g/mol. The fraction of sp³-hybridized carbons (Fsp3) is 0.417. The van der Waals surface area contributed by atoms with E-state index in [0.717, 1.165) is 12.8 Å². The number of nitrogens with zero attached hydrogens (tertiary/aromatic N) is 1. The van der Waals surface area contributed by atoms with Crippen LogP contribution in [0.1, 0.15) is 41.3 Å². The van der Waals surface area contributed by atoms with E-state index in [1.165, 1.54) is 24.0 Å². The minimum atomic E-state index is -0.682. The Morgan fingerprint density at radius 1 is 1.03 bits per heavy atom. The van der Waals surface area contributed by atoms with Crippen LogP contribution >= 0.6 is 0 Å². The van der Waals surface area contributed by atoms with E-state index >= 15 is 0 Å². The van der Waals surface area contributed by atoms with Crippen molar-refractivity contribution in [2.45, 2.75) is 38.7 Å². The van der Waals surface area contributed by atoms with E-state index in [4.69, 9.17) is 9.47 Å². The number of carbonyl (C=O) groups is 2. The van der Waals surface area contributed by atoms with Gasteiger partial charge in [0.2, 0.25) is 0 Å². The first-order valence-corrected chi connectivity index (χ1v) is 10.7. The Hall–Kier alpha value is -2.86. The van der Waals surface area contributed by atoms with Gasteiger partial charge in [-0.3, -0.25) is 9.59 Å². The third-order valence-electron chi connectivity index (χ3n) is 5.72. The summed E-state index contributed by atoms with van der Waals surface area (Å²) in [7, 11) is 0. The molecule has 1 heterocycles. The molecular weight excluding hydrogens is 380 g/mol. The molecule has 1 fully saturated rings. The highest BCUT2D eigenvalue weighted by molar-refractivity contribution is 6.04. The third kappa shape index (κ3) is 4.65. The average Bonchev–Trinajstić information content (AvgIpc) is 2.79. The standard InChI is InChI=1S/C24H28N2O4/c1-17(30-20-11-10-18-6-2-3-7-19(18)16-20)23(27)25-22-9-5-4-8-21(22)24(28)26-12-14-29-15-13-26/h4-5,8-11,16-17H,2-3,6-7,12-15H2,1H3,(H,25,27)/t17-/m1/s1. The number of hydrogen-bond donors (Lipinski definition) is 1. The Morgan fingerprint density at radius 2 is 1.77 bits per heavy atom. The highest BCUT2D eigenvalue weighted by Crippen LogP contribution is 2.26. The van der Waals surface area contributed by atoms with Gasteiger partial charge in [-0.2, -0.15) is 0 Å². The predicted molar refractivity (Wildman–Crippen MR) is 115 cm³/mol. The summed E-state index contributed by atoms with van der Waals surface area (Å²) in [5, 5.41) is 2.87. The van der Waals surface area contributed by atoms with Crippen LogP contribution in [0.25, 0.3) is 0 Å². The van der Waals surface area contributed by atoms with E-state index < -0.39 is 6.10 Å². The second kappa shape index (κ2) is 9.30. The Kier molecular flexibility index (Phi) is 6.33. The summed E-state index contributed by atoms with van der Waals surface area (Å²) in [6.45, 7) is 3.90. The van der Waals surface area contributed by atoms with Gasteiger partial charge in [0.15, 0.2) is 6.10 Å². The lowest BCUT2D eigenvalue weighted by Crippen LogP contribution is -2.41. The van der Waals surface area contributed by atoms with Crippen LogP contribution in [0.15, 0.2) is 42.5 Å². The fourth-order valence-corrected chi connectivity index (χ4v) is 3.99. The number of amides is 2. The quantitative estimate of drug-likeness (QED) is 0.823. The summed E-state index contributed by atoms with van der Waals surface area (Å²) in [6, 6.07) is 13.2. The molecule has 4 rings (SSSR count). The van der Waals surface area contributed by atoms with Crippen molar-refractivity contribution in [2.75, 3.05) is 31.6 Å². The molecule has 1 N–H and O–H groups in total. The molecule has 1 atom stereocenters. The van der Waals surface area contributed by atoms with Crippen LogP contribution in [0.2, 0.25) is 0 Å². The van der Waals surface area contributed by atoms with Crippen LogP contribution < -0.4 is 10.1 Å². The van der Waals surface area contributed by atoms with E-state index in [1.54, 1.807) is 36.1 Å². The number of rotatable bonds is 5. The van der Waals surface area contributed by atoms with Crippen molar-refractivity contribution in [3.05, 3.63) is 59.2 Å². The van der Waals surface area contributed by atoms with E-state index in [1.807, 2.05) is 12.1 Å². The first kappa shape index (κ1) is 20.4. The van der Waals surface area contributed by atoms with Crippen molar-refractivity contribution in [3.8, 4) is 5.75 Å². The Bertz CT molecular complexity index is 921. The molecule has 30 heavy (non-hydrogen) atoms. The summed E-state index contributed by atoms with van der Waals surface area (Å²) in [5.41, 5.74) is 3.67. The van der Waals surface area contributed by atoms with Crippen molar-refractivity contribution >= 4 is 17.5 Å². The zero-order chi connectivity index (χ0) is 20.9. The summed E-state index contributed by atoms with van der Waals surface area (Å²) >= 11 is 0. The third-order valence-corrected chi connectivity index (χ3v) is 5.72. The molecule has 6 nitrogen and oxygen atoms in total. The maximum Gasteiger partial charge on any atom is 0.265 e. The van der Waals surface area contributed by atoms with Gasteiger partial charge >= 0.3 is 0 Å². The first-order chi connectivity index (χ1) is 14.6. The number of morpholine rings is 1. The van der Waals surface area contributed by atoms with Gasteiger partial charge in [0, 0.05) is 13.1 Å². The zero-order valence-corrected chi connectivity index (χ0v) is 17.4. The first-order valence-electron chi connectivity index (χ1n) is 10.7. The Morgan fingerprint density at radius 3 is 2.57 bits per heavy atom. The van der Waals surface area contributed by atoms with Gasteiger partial charge in [0.1, 0.15) is 5.75 Å². The van der Waals surface area contributed by atoms with Crippen molar-refractivity contribution in [3.63, 3.8) is 0 Å². The van der Waals surface area contributed by atoms with Crippen LogP contribution in [0.5, 0.6) is 5.75 Å². The maximum absolute atomic E-state index is 12.9. The normalized spacial score (nSPS) is 17.0. The van der Waals surface area contributed by atoms with Crippen LogP contribution in [-0.4, -0.2) is 49.1 Å². The smallest absolute Gasteiger partial charge is 0.265 e. The van der Waals surface area contributed by atoms with E-state index in [9.17, 15) is 9.59 Å². The summed E-state index contributed by atoms with van der Waals surface area (Å²) in [6.07, 6.45) is 3.91. The number of aryl methyl sites for hydroxylation is 2. The van der Waals surface area contributed by atoms with Crippen molar-refractivity contribution < 1.29 is 19.1 Å². The molecule has 0 aromatic heterocycles. The topological polar surface area (TPSA) is 67.9 Å². The number of hydrogen-bond acceptors (Lipinski definition) is 4. The van der Waals surface area contributed by atoms with Gasteiger partial charge in [-0.15, -0.1) is 0 Å². The number of para-hydroxylation sites is 1. The Balaban J connectivity index is 1.43. The largest absolute Gasteiger partial charge is 0.481 e. The van der Waals surface area contributed by atoms with Gasteiger partial charge in [0.25, 0.3) is 11.8 Å². The predicted octanol–water partition coefficient (Wildman–Crippen LogP) is 3.44. The molecule has 6 heteroatoms. The minimum Gasteiger partial charge on any atom is -0.481 e. The Labute approximate surface area is 177 Å². The number of nitrogens with one attached hydrogen (secondary N) is 1. The monoisotopic (exact) mass is 408 g/mol. The van der Waals surface area contributed by atoms with Crippen molar-refractivity contribution in [1.82, 2.24) is 4.90 Å². The van der Waals surface area contributed by atoms with E-state index in [-0.39, 0.29) is 11.8 Å². The molecule has 2 aromatic rings. The molecule has 0 bridgehead atoms. The molecule has 0 radical (unpaired) electrons. The maximum atomic E-state index is 12.9. The number of anilines is 1. The van der Waals surface area contributed by atoms with Gasteiger partial charge in [-0.25, -0.2) is 0 Å². The van der Waals surface area contributed by atoms with Gasteiger partial charge < -0.3 is 19.7 Å². The lowest BCUT2D eigenvalue weighted by atomic mass is 9.92. The molecule has 1 saturated heterocycles. The minimum absolute atomic E-state index is 0.0996. The second-order valence-corrected chi connectivity index (χ2v) is 7.84. The van der Waals surface area contributed by atoms with Crippen molar-refractivity contribution in [1.29, 1.82) is 0 Å². The summed E-state index contributed by atoms with van der Waals surface area (Å²) < 4.78 is 11.2. The number of ether oxygens (including phenoxy) is 2. The van der Waals surface area contributed by atoms with Gasteiger partial charge in [-0.05, 0) is 68.0 Å². The van der Waals surface area contributed by atoms with Gasteiger partial charge in [0.05, 0.1) is 24.5 Å². The van der Waals surface area contributed by atoms with E-state index in [0.29, 0.717) is 43.3 Å². The zero-order valence-electron chi connectivity index (χ0n) is 17.4. The number of fused-ring (bicyclic) bond motifs is 1. The molecule has 1 aliphatic heterocycles. The SMILES string of the molecule is C[C@@H](Oc1ccc2c(c1)CCCC2)C(=O)Nc1ccccc1C(=O)N1CCOCC1. The summed E-state index contributed by atoms with van der Waals surface area (Å²) in [4.78, 5) is 27.4. The van der Waals surface area contributed by atoms with Crippen LogP contribution in [0.3, 0.4) is 0 Å². The van der Waals surface area contributed by atoms with Gasteiger partial charge in [-0.1, -0.05) is 18.2 Å². The molecule has 0 unspecified atom stereocenters.